The molecule has 1 nitrogen and oxygen atoms in total. The van der Waals surface area contributed by atoms with E-state index in [9.17, 15) is 0 Å². The molecule has 112 valence electrons. The Morgan fingerprint density at radius 1 is 1.14 bits per heavy atom. The fraction of sp³-hybridized carbons (Fsp3) is 0.444. The zero-order chi connectivity index (χ0) is 14.7. The van der Waals surface area contributed by atoms with E-state index in [1.165, 1.54) is 42.5 Å². The summed E-state index contributed by atoms with van der Waals surface area (Å²) in [5.74, 6) is 0.924. The molecule has 1 unspecified atom stereocenters. The summed E-state index contributed by atoms with van der Waals surface area (Å²) >= 11 is 5.90. The predicted octanol–water partition coefficient (Wildman–Crippen LogP) is 5.70. The van der Waals surface area contributed by atoms with Crippen molar-refractivity contribution < 1.29 is 4.74 Å². The van der Waals surface area contributed by atoms with Crippen molar-refractivity contribution >= 4 is 27.3 Å². The van der Waals surface area contributed by atoms with Gasteiger partial charge in [0.25, 0.3) is 0 Å². The second-order valence-corrected chi connectivity index (χ2v) is 7.95. The molecule has 1 aromatic heterocycles. The summed E-state index contributed by atoms with van der Waals surface area (Å²) in [6.07, 6.45) is 7.69. The molecule has 21 heavy (non-hydrogen) atoms. The lowest BCUT2D eigenvalue weighted by Crippen LogP contribution is -1.93. The van der Waals surface area contributed by atoms with Gasteiger partial charge in [-0.3, -0.25) is 0 Å². The number of halogens is 1. The van der Waals surface area contributed by atoms with E-state index in [4.69, 9.17) is 4.74 Å². The number of ether oxygens (including phenoxy) is 1. The quantitative estimate of drug-likeness (QED) is 0.499. The molecule has 3 heteroatoms. The molecular formula is C18H21BrOS. The fourth-order valence-electron chi connectivity index (χ4n) is 2.91. The minimum absolute atomic E-state index is 0.419. The van der Waals surface area contributed by atoms with Crippen molar-refractivity contribution in [3.05, 3.63) is 51.2 Å². The van der Waals surface area contributed by atoms with Crippen molar-refractivity contribution in [1.29, 1.82) is 0 Å². The van der Waals surface area contributed by atoms with Gasteiger partial charge in [-0.15, -0.1) is 11.3 Å². The van der Waals surface area contributed by atoms with Gasteiger partial charge in [0.05, 0.1) is 11.9 Å². The third kappa shape index (κ3) is 3.70. The molecular weight excluding hydrogens is 344 g/mol. The molecule has 1 atom stereocenters. The van der Waals surface area contributed by atoms with Gasteiger partial charge in [0, 0.05) is 9.75 Å². The van der Waals surface area contributed by atoms with Crippen LogP contribution in [0.1, 0.15) is 45.0 Å². The van der Waals surface area contributed by atoms with Gasteiger partial charge in [-0.05, 0) is 61.4 Å². The standard InChI is InChI=1S/C18H21BrOS/c1-20-15-9-7-13(8-10-15)11-16(19)18-12-14-5-3-2-4-6-17(14)21-18/h7-10,12,16H,2-6,11H2,1H3. The number of thiophene rings is 1. The summed E-state index contributed by atoms with van der Waals surface area (Å²) in [6, 6.07) is 10.8. The van der Waals surface area contributed by atoms with Crippen LogP contribution in [0.25, 0.3) is 0 Å². The van der Waals surface area contributed by atoms with Gasteiger partial charge >= 0.3 is 0 Å². The minimum atomic E-state index is 0.419. The van der Waals surface area contributed by atoms with Crippen LogP contribution in [0.5, 0.6) is 5.75 Å². The van der Waals surface area contributed by atoms with Crippen LogP contribution < -0.4 is 4.74 Å². The maximum Gasteiger partial charge on any atom is 0.118 e. The van der Waals surface area contributed by atoms with Gasteiger partial charge in [0.2, 0.25) is 0 Å². The second kappa shape index (κ2) is 6.97. The Morgan fingerprint density at radius 3 is 2.67 bits per heavy atom. The summed E-state index contributed by atoms with van der Waals surface area (Å²) < 4.78 is 5.22. The topological polar surface area (TPSA) is 9.23 Å². The van der Waals surface area contributed by atoms with Gasteiger partial charge in [0.1, 0.15) is 5.75 Å². The number of methoxy groups -OCH3 is 1. The van der Waals surface area contributed by atoms with Gasteiger partial charge in [-0.1, -0.05) is 34.5 Å². The highest BCUT2D eigenvalue weighted by molar-refractivity contribution is 9.09. The number of hydrogen-bond acceptors (Lipinski definition) is 2. The first kappa shape index (κ1) is 15.1. The van der Waals surface area contributed by atoms with E-state index in [1.54, 1.807) is 17.6 Å². The largest absolute Gasteiger partial charge is 0.497 e. The van der Waals surface area contributed by atoms with E-state index in [0.717, 1.165) is 12.2 Å². The fourth-order valence-corrected chi connectivity index (χ4v) is 4.94. The third-order valence-electron chi connectivity index (χ3n) is 4.15. The summed E-state index contributed by atoms with van der Waals surface area (Å²) in [4.78, 5) is 3.53. The predicted molar refractivity (Wildman–Crippen MR) is 93.9 cm³/mol. The lowest BCUT2D eigenvalue weighted by atomic mass is 10.1. The monoisotopic (exact) mass is 364 g/mol. The van der Waals surface area contributed by atoms with Crippen molar-refractivity contribution in [1.82, 2.24) is 0 Å². The van der Waals surface area contributed by atoms with Gasteiger partial charge in [0.15, 0.2) is 0 Å². The van der Waals surface area contributed by atoms with Crippen LogP contribution in [-0.2, 0) is 19.3 Å². The first-order valence-electron chi connectivity index (χ1n) is 7.65. The average Bonchev–Trinajstić information content (AvgIpc) is 2.79. The molecule has 0 spiro atoms. The van der Waals surface area contributed by atoms with Crippen molar-refractivity contribution in [2.24, 2.45) is 0 Å². The molecule has 1 heterocycles. The van der Waals surface area contributed by atoms with Crippen molar-refractivity contribution in [3.63, 3.8) is 0 Å². The van der Waals surface area contributed by atoms with Gasteiger partial charge < -0.3 is 4.74 Å². The Morgan fingerprint density at radius 2 is 1.90 bits per heavy atom. The SMILES string of the molecule is COc1ccc(CC(Br)c2cc3c(s2)CCCCC3)cc1. The zero-order valence-corrected chi connectivity index (χ0v) is 14.8. The molecule has 0 fully saturated rings. The van der Waals surface area contributed by atoms with E-state index in [0.29, 0.717) is 4.83 Å². The lowest BCUT2D eigenvalue weighted by Gasteiger charge is -2.08. The van der Waals surface area contributed by atoms with E-state index >= 15 is 0 Å². The number of benzene rings is 1. The van der Waals surface area contributed by atoms with Crippen LogP contribution in [0, 0.1) is 0 Å². The van der Waals surface area contributed by atoms with Crippen LogP contribution >= 0.6 is 27.3 Å². The first-order valence-corrected chi connectivity index (χ1v) is 9.38. The van der Waals surface area contributed by atoms with Gasteiger partial charge in [-0.25, -0.2) is 0 Å². The summed E-state index contributed by atoms with van der Waals surface area (Å²) in [5.41, 5.74) is 2.95. The van der Waals surface area contributed by atoms with Crippen LogP contribution in [0.4, 0.5) is 0 Å². The molecule has 3 rings (SSSR count). The van der Waals surface area contributed by atoms with E-state index in [2.05, 4.69) is 34.1 Å². The molecule has 0 bridgehead atoms. The van der Waals surface area contributed by atoms with Crippen molar-refractivity contribution in [2.45, 2.75) is 43.4 Å². The van der Waals surface area contributed by atoms with Crippen molar-refractivity contribution in [2.75, 3.05) is 7.11 Å². The molecule has 0 N–H and O–H groups in total. The molecule has 1 aliphatic carbocycles. The Bertz CT molecular complexity index is 564. The maximum absolute atomic E-state index is 5.22. The Kier molecular flexibility index (Phi) is 5.02. The molecule has 0 amide bonds. The number of aryl methyl sites for hydroxylation is 2. The molecule has 1 aliphatic rings. The summed E-state index contributed by atoms with van der Waals surface area (Å²) in [7, 11) is 1.71. The molecule has 1 aromatic carbocycles. The third-order valence-corrected chi connectivity index (χ3v) is 6.62. The number of alkyl halides is 1. The summed E-state index contributed by atoms with van der Waals surface area (Å²) in [6.45, 7) is 0. The highest BCUT2D eigenvalue weighted by Crippen LogP contribution is 2.37. The van der Waals surface area contributed by atoms with Crippen LogP contribution in [-0.4, -0.2) is 7.11 Å². The van der Waals surface area contributed by atoms with E-state index in [1.807, 2.05) is 23.5 Å². The van der Waals surface area contributed by atoms with Gasteiger partial charge in [-0.2, -0.15) is 0 Å². The molecule has 2 aromatic rings. The zero-order valence-electron chi connectivity index (χ0n) is 12.4. The Labute approximate surface area is 139 Å². The number of rotatable bonds is 4. The van der Waals surface area contributed by atoms with Crippen LogP contribution in [0.15, 0.2) is 30.3 Å². The first-order chi connectivity index (χ1) is 10.3. The molecule has 0 aliphatic heterocycles. The average molecular weight is 365 g/mol. The smallest absolute Gasteiger partial charge is 0.118 e. The summed E-state index contributed by atoms with van der Waals surface area (Å²) in [5, 5.41) is 0. The van der Waals surface area contributed by atoms with E-state index in [-0.39, 0.29) is 0 Å². The molecule has 0 saturated carbocycles. The minimum Gasteiger partial charge on any atom is -0.497 e. The molecule has 0 radical (unpaired) electrons. The lowest BCUT2D eigenvalue weighted by molar-refractivity contribution is 0.414. The Hall–Kier alpha value is -0.800. The normalized spacial score (nSPS) is 16.1. The maximum atomic E-state index is 5.22. The second-order valence-electron chi connectivity index (χ2n) is 5.68. The number of fused-ring (bicyclic) bond motifs is 1. The van der Waals surface area contributed by atoms with Crippen molar-refractivity contribution in [3.8, 4) is 5.75 Å². The van der Waals surface area contributed by atoms with E-state index < -0.39 is 0 Å². The van der Waals surface area contributed by atoms with Crippen LogP contribution in [0.2, 0.25) is 0 Å². The Balaban J connectivity index is 1.71. The number of hydrogen-bond donors (Lipinski definition) is 0. The van der Waals surface area contributed by atoms with Crippen LogP contribution in [0.3, 0.4) is 0 Å². The highest BCUT2D eigenvalue weighted by atomic mass is 79.9. The highest BCUT2D eigenvalue weighted by Gasteiger charge is 2.17. The molecule has 0 saturated heterocycles.